The Morgan fingerprint density at radius 1 is 0.531 bits per heavy atom. The third kappa shape index (κ3) is 3.29. The van der Waals surface area contributed by atoms with Crippen molar-refractivity contribution in [3.05, 3.63) is 139 Å². The monoisotopic (exact) mass is 410 g/mol. The van der Waals surface area contributed by atoms with Crippen LogP contribution in [0.2, 0.25) is 0 Å². The van der Waals surface area contributed by atoms with Crippen molar-refractivity contribution in [1.29, 1.82) is 0 Å². The summed E-state index contributed by atoms with van der Waals surface area (Å²) in [5.74, 6) is 1.05. The van der Waals surface area contributed by atoms with Crippen molar-refractivity contribution >= 4 is 10.8 Å². The number of benzene rings is 5. The van der Waals surface area contributed by atoms with Crippen LogP contribution in [-0.2, 0) is 0 Å². The minimum Gasteiger partial charge on any atom is -0.465 e. The molecule has 0 unspecified atom stereocenters. The molecule has 1 aliphatic heterocycles. The predicted octanol–water partition coefficient (Wildman–Crippen LogP) is 8.21. The molecular formula is C31H22O. The molecule has 0 aromatic heterocycles. The van der Waals surface area contributed by atoms with Gasteiger partial charge in [0.25, 0.3) is 0 Å². The Morgan fingerprint density at radius 3 is 1.84 bits per heavy atom. The van der Waals surface area contributed by atoms with Crippen LogP contribution in [0.4, 0.5) is 0 Å². The number of rotatable bonds is 3. The number of hydrogen-bond donors (Lipinski definition) is 0. The van der Waals surface area contributed by atoms with E-state index >= 15 is 0 Å². The van der Waals surface area contributed by atoms with E-state index in [2.05, 4.69) is 121 Å². The second kappa shape index (κ2) is 7.86. The van der Waals surface area contributed by atoms with E-state index in [1.54, 1.807) is 0 Å². The summed E-state index contributed by atoms with van der Waals surface area (Å²) in [6.45, 7) is 0. The van der Waals surface area contributed by atoms with Gasteiger partial charge in [-0.1, -0.05) is 103 Å². The van der Waals surface area contributed by atoms with Crippen molar-refractivity contribution in [3.63, 3.8) is 0 Å². The highest BCUT2D eigenvalue weighted by molar-refractivity contribution is 5.89. The zero-order valence-corrected chi connectivity index (χ0v) is 17.6. The van der Waals surface area contributed by atoms with Crippen LogP contribution in [0.1, 0.15) is 17.0 Å². The van der Waals surface area contributed by atoms with Crippen LogP contribution in [0.3, 0.4) is 0 Å². The molecule has 1 heterocycles. The lowest BCUT2D eigenvalue weighted by molar-refractivity contribution is 0.460. The number of fused-ring (bicyclic) bond motifs is 3. The first-order valence-corrected chi connectivity index (χ1v) is 11.0. The third-order valence-electron chi connectivity index (χ3n) is 6.24. The molecule has 1 atom stereocenters. The van der Waals surface area contributed by atoms with Crippen molar-refractivity contribution in [2.24, 2.45) is 0 Å². The molecule has 0 N–H and O–H groups in total. The number of hydrogen-bond acceptors (Lipinski definition) is 1. The average molecular weight is 411 g/mol. The maximum absolute atomic E-state index is 5.93. The van der Waals surface area contributed by atoms with E-state index in [0.29, 0.717) is 0 Å². The van der Waals surface area contributed by atoms with Crippen molar-refractivity contribution in [2.75, 3.05) is 0 Å². The van der Waals surface area contributed by atoms with Crippen molar-refractivity contribution in [2.45, 2.75) is 5.92 Å². The second-order valence-electron chi connectivity index (χ2n) is 8.20. The van der Waals surface area contributed by atoms with Crippen LogP contribution in [0, 0.1) is 0 Å². The highest BCUT2D eigenvalue weighted by Gasteiger charge is 2.23. The Hall–Kier alpha value is -4.10. The van der Waals surface area contributed by atoms with Gasteiger partial charge in [0.2, 0.25) is 0 Å². The summed E-state index contributed by atoms with van der Waals surface area (Å²) < 4.78 is 5.93. The topological polar surface area (TPSA) is 9.23 Å². The van der Waals surface area contributed by atoms with Gasteiger partial charge in [-0.25, -0.2) is 0 Å². The Balaban J connectivity index is 1.59. The third-order valence-corrected chi connectivity index (χ3v) is 6.24. The van der Waals surface area contributed by atoms with Crippen LogP contribution in [0.15, 0.2) is 128 Å². The fraction of sp³-hybridized carbons (Fsp3) is 0.0323. The SMILES string of the molecule is C1=C[C@H](c2cc(-c3ccccc3)cc(-c3ccccc3)c2)c2c(ccc3ccccc23)O1. The highest BCUT2D eigenvalue weighted by Crippen LogP contribution is 2.43. The molecule has 5 aromatic carbocycles. The minimum absolute atomic E-state index is 0.121. The van der Waals surface area contributed by atoms with Crippen LogP contribution in [0.5, 0.6) is 5.75 Å². The smallest absolute Gasteiger partial charge is 0.131 e. The molecule has 32 heavy (non-hydrogen) atoms. The minimum atomic E-state index is 0.121. The van der Waals surface area contributed by atoms with Crippen LogP contribution in [-0.4, -0.2) is 0 Å². The Bertz CT molecular complexity index is 1370. The summed E-state index contributed by atoms with van der Waals surface area (Å²) in [4.78, 5) is 0. The van der Waals surface area contributed by atoms with E-state index in [4.69, 9.17) is 4.74 Å². The molecule has 0 saturated carbocycles. The van der Waals surface area contributed by atoms with Gasteiger partial charge in [-0.05, 0) is 56.8 Å². The van der Waals surface area contributed by atoms with E-state index < -0.39 is 0 Å². The zero-order chi connectivity index (χ0) is 21.3. The first kappa shape index (κ1) is 18.7. The van der Waals surface area contributed by atoms with Gasteiger partial charge in [0.15, 0.2) is 0 Å². The van der Waals surface area contributed by atoms with Crippen LogP contribution < -0.4 is 4.74 Å². The summed E-state index contributed by atoms with van der Waals surface area (Å²) in [6.07, 6.45) is 4.01. The van der Waals surface area contributed by atoms with Gasteiger partial charge in [0.1, 0.15) is 5.75 Å². The van der Waals surface area contributed by atoms with Gasteiger partial charge in [0.05, 0.1) is 6.26 Å². The lowest BCUT2D eigenvalue weighted by Gasteiger charge is -2.24. The zero-order valence-electron chi connectivity index (χ0n) is 17.6. The predicted molar refractivity (Wildman–Crippen MR) is 133 cm³/mol. The number of ether oxygens (including phenoxy) is 1. The average Bonchev–Trinajstić information content (AvgIpc) is 2.89. The van der Waals surface area contributed by atoms with Crippen molar-refractivity contribution < 1.29 is 4.74 Å². The molecule has 0 aliphatic carbocycles. The maximum atomic E-state index is 5.93. The Kier molecular flexibility index (Phi) is 4.58. The van der Waals surface area contributed by atoms with E-state index in [-0.39, 0.29) is 5.92 Å². The molecule has 0 fully saturated rings. The Morgan fingerprint density at radius 2 is 1.16 bits per heavy atom. The maximum Gasteiger partial charge on any atom is 0.131 e. The summed E-state index contributed by atoms with van der Waals surface area (Å²) in [6, 6.07) is 41.0. The molecule has 1 aliphatic rings. The molecule has 5 aromatic rings. The molecule has 152 valence electrons. The van der Waals surface area contributed by atoms with Gasteiger partial charge in [-0.15, -0.1) is 0 Å². The largest absolute Gasteiger partial charge is 0.465 e. The molecule has 1 nitrogen and oxygen atoms in total. The summed E-state index contributed by atoms with van der Waals surface area (Å²) in [5.41, 5.74) is 7.39. The van der Waals surface area contributed by atoms with E-state index in [1.165, 1.54) is 44.2 Å². The van der Waals surface area contributed by atoms with Gasteiger partial charge in [0, 0.05) is 11.5 Å². The molecule has 0 radical (unpaired) electrons. The van der Waals surface area contributed by atoms with Crippen LogP contribution >= 0.6 is 0 Å². The standard InChI is InChI=1S/C31H22O/c1-3-9-22(10-4-1)25-19-26(23-11-5-2-6-12-23)21-27(20-25)29-17-18-32-30-16-15-24-13-7-8-14-28(24)31(29)30/h1-21,29H/t29-/m1/s1. The van der Waals surface area contributed by atoms with E-state index in [0.717, 1.165) is 5.75 Å². The fourth-order valence-electron chi connectivity index (χ4n) is 4.69. The van der Waals surface area contributed by atoms with Gasteiger partial charge in [-0.3, -0.25) is 0 Å². The van der Waals surface area contributed by atoms with Crippen molar-refractivity contribution in [1.82, 2.24) is 0 Å². The van der Waals surface area contributed by atoms with Crippen LogP contribution in [0.25, 0.3) is 33.0 Å². The van der Waals surface area contributed by atoms with Crippen molar-refractivity contribution in [3.8, 4) is 28.0 Å². The summed E-state index contributed by atoms with van der Waals surface area (Å²) >= 11 is 0. The summed E-state index contributed by atoms with van der Waals surface area (Å²) in [5, 5.41) is 2.48. The van der Waals surface area contributed by atoms with Gasteiger partial charge < -0.3 is 4.74 Å². The molecule has 1 heteroatoms. The Labute approximate surface area is 188 Å². The first-order valence-electron chi connectivity index (χ1n) is 11.0. The molecular weight excluding hydrogens is 388 g/mol. The lowest BCUT2D eigenvalue weighted by atomic mass is 9.83. The fourth-order valence-corrected chi connectivity index (χ4v) is 4.69. The molecule has 0 spiro atoms. The lowest BCUT2D eigenvalue weighted by Crippen LogP contribution is -2.07. The second-order valence-corrected chi connectivity index (χ2v) is 8.20. The van der Waals surface area contributed by atoms with E-state index in [9.17, 15) is 0 Å². The molecule has 0 bridgehead atoms. The quantitative estimate of drug-likeness (QED) is 0.291. The van der Waals surface area contributed by atoms with Gasteiger partial charge in [-0.2, -0.15) is 0 Å². The molecule has 6 rings (SSSR count). The van der Waals surface area contributed by atoms with Gasteiger partial charge >= 0.3 is 0 Å². The summed E-state index contributed by atoms with van der Waals surface area (Å²) in [7, 11) is 0. The first-order chi connectivity index (χ1) is 15.9. The number of allylic oxidation sites excluding steroid dienone is 1. The highest BCUT2D eigenvalue weighted by atomic mass is 16.5. The molecule has 0 amide bonds. The molecule has 0 saturated heterocycles. The van der Waals surface area contributed by atoms with E-state index in [1.807, 2.05) is 6.26 Å². The normalized spacial score (nSPS) is 14.7.